The Morgan fingerprint density at radius 2 is 1.76 bits per heavy atom. The lowest BCUT2D eigenvalue weighted by Crippen LogP contribution is -2.46. The first-order valence-corrected chi connectivity index (χ1v) is 7.73. The molecule has 0 saturated carbocycles. The van der Waals surface area contributed by atoms with Crippen molar-refractivity contribution in [3.63, 3.8) is 0 Å². The predicted octanol–water partition coefficient (Wildman–Crippen LogP) is 4.35. The van der Waals surface area contributed by atoms with Gasteiger partial charge in [0.05, 0.1) is 6.04 Å². The highest BCUT2D eigenvalue weighted by atomic mass is 19.1. The lowest BCUT2D eigenvalue weighted by molar-refractivity contribution is 0.176. The van der Waals surface area contributed by atoms with Crippen molar-refractivity contribution in [2.75, 3.05) is 6.54 Å². The van der Waals surface area contributed by atoms with Crippen LogP contribution in [0.2, 0.25) is 0 Å². The molecule has 2 amide bonds. The first kappa shape index (κ1) is 17.5. The normalized spacial score (nSPS) is 15.1. The fraction of sp³-hybridized carbons (Fsp3) is 0.588. The number of nitrogens with zero attached hydrogens (tertiary/aromatic N) is 1. The van der Waals surface area contributed by atoms with E-state index in [-0.39, 0.29) is 23.9 Å². The first-order chi connectivity index (χ1) is 9.90. The molecule has 0 spiro atoms. The number of urea groups is 1. The van der Waals surface area contributed by atoms with Gasteiger partial charge in [0.25, 0.3) is 0 Å². The van der Waals surface area contributed by atoms with Gasteiger partial charge >= 0.3 is 6.03 Å². The van der Waals surface area contributed by atoms with Gasteiger partial charge in [-0.05, 0) is 44.4 Å². The first-order valence-electron chi connectivity index (χ1n) is 7.73. The minimum atomic E-state index is -0.260. The van der Waals surface area contributed by atoms with E-state index in [0.29, 0.717) is 12.5 Å². The summed E-state index contributed by atoms with van der Waals surface area (Å²) in [6.07, 6.45) is 1.03. The molecule has 0 aliphatic carbocycles. The van der Waals surface area contributed by atoms with Crippen LogP contribution in [0.15, 0.2) is 24.3 Å². The molecule has 1 aromatic carbocycles. The molecule has 3 atom stereocenters. The van der Waals surface area contributed by atoms with Crippen LogP contribution in [0.4, 0.5) is 9.18 Å². The highest BCUT2D eigenvalue weighted by molar-refractivity contribution is 5.75. The number of hydrogen-bond donors (Lipinski definition) is 1. The van der Waals surface area contributed by atoms with Crippen molar-refractivity contribution < 1.29 is 9.18 Å². The number of hydrogen-bond acceptors (Lipinski definition) is 1. The molecule has 21 heavy (non-hydrogen) atoms. The zero-order valence-electron chi connectivity index (χ0n) is 13.7. The predicted molar refractivity (Wildman–Crippen MR) is 84.6 cm³/mol. The van der Waals surface area contributed by atoms with Gasteiger partial charge in [0.1, 0.15) is 5.82 Å². The molecule has 4 heteroatoms. The van der Waals surface area contributed by atoms with E-state index in [2.05, 4.69) is 19.2 Å². The maximum atomic E-state index is 13.0. The van der Waals surface area contributed by atoms with Crippen molar-refractivity contribution in [3.05, 3.63) is 35.6 Å². The molecule has 0 saturated heterocycles. The Labute approximate surface area is 127 Å². The number of rotatable bonds is 6. The fourth-order valence-corrected chi connectivity index (χ4v) is 2.29. The van der Waals surface area contributed by atoms with Crippen molar-refractivity contribution in [3.8, 4) is 0 Å². The second-order valence-electron chi connectivity index (χ2n) is 5.64. The van der Waals surface area contributed by atoms with Gasteiger partial charge < -0.3 is 10.2 Å². The zero-order valence-corrected chi connectivity index (χ0v) is 13.7. The third-order valence-corrected chi connectivity index (χ3v) is 4.27. The van der Waals surface area contributed by atoms with E-state index < -0.39 is 0 Å². The Kier molecular flexibility index (Phi) is 6.66. The van der Waals surface area contributed by atoms with Crippen molar-refractivity contribution in [1.29, 1.82) is 0 Å². The molecular weight excluding hydrogens is 267 g/mol. The van der Waals surface area contributed by atoms with E-state index in [1.165, 1.54) is 12.1 Å². The van der Waals surface area contributed by atoms with Crippen LogP contribution in [-0.2, 0) is 0 Å². The summed E-state index contributed by atoms with van der Waals surface area (Å²) < 4.78 is 13.0. The van der Waals surface area contributed by atoms with Crippen LogP contribution >= 0.6 is 0 Å². The maximum absolute atomic E-state index is 13.0. The SMILES string of the molecule is CCC(C)C(C)NC(=O)N(CC)C(C)c1ccc(F)cc1. The quantitative estimate of drug-likeness (QED) is 0.831. The molecule has 0 bridgehead atoms. The topological polar surface area (TPSA) is 32.3 Å². The molecule has 0 aromatic heterocycles. The summed E-state index contributed by atoms with van der Waals surface area (Å²) in [7, 11) is 0. The second-order valence-corrected chi connectivity index (χ2v) is 5.64. The Bertz CT molecular complexity index is 447. The van der Waals surface area contributed by atoms with Gasteiger partial charge in [-0.15, -0.1) is 0 Å². The van der Waals surface area contributed by atoms with Crippen molar-refractivity contribution in [2.24, 2.45) is 5.92 Å². The molecule has 0 radical (unpaired) electrons. The van der Waals surface area contributed by atoms with Crippen LogP contribution in [0.5, 0.6) is 0 Å². The largest absolute Gasteiger partial charge is 0.335 e. The monoisotopic (exact) mass is 294 g/mol. The Hall–Kier alpha value is -1.58. The Balaban J connectivity index is 2.76. The highest BCUT2D eigenvalue weighted by Crippen LogP contribution is 2.20. The van der Waals surface area contributed by atoms with Gasteiger partial charge in [-0.3, -0.25) is 0 Å². The number of nitrogens with one attached hydrogen (secondary N) is 1. The van der Waals surface area contributed by atoms with Gasteiger partial charge in [-0.1, -0.05) is 32.4 Å². The minimum absolute atomic E-state index is 0.0675. The molecule has 0 aliphatic heterocycles. The summed E-state index contributed by atoms with van der Waals surface area (Å²) in [5.74, 6) is 0.178. The van der Waals surface area contributed by atoms with Gasteiger partial charge in [0.2, 0.25) is 0 Å². The molecular formula is C17H27FN2O. The Morgan fingerprint density at radius 3 is 2.24 bits per heavy atom. The van der Waals surface area contributed by atoms with E-state index in [1.54, 1.807) is 17.0 Å². The third-order valence-electron chi connectivity index (χ3n) is 4.27. The molecule has 1 N–H and O–H groups in total. The average Bonchev–Trinajstić information content (AvgIpc) is 2.47. The molecule has 0 heterocycles. The number of halogens is 1. The van der Waals surface area contributed by atoms with Gasteiger partial charge in [-0.25, -0.2) is 9.18 Å². The van der Waals surface area contributed by atoms with Crippen LogP contribution in [0.25, 0.3) is 0 Å². The van der Waals surface area contributed by atoms with E-state index in [4.69, 9.17) is 0 Å². The number of benzene rings is 1. The standard InChI is InChI=1S/C17H27FN2O/c1-6-12(3)13(4)19-17(21)20(7-2)14(5)15-8-10-16(18)11-9-15/h8-14H,6-7H2,1-5H3,(H,19,21). The molecule has 0 fully saturated rings. The van der Waals surface area contributed by atoms with Gasteiger partial charge in [-0.2, -0.15) is 0 Å². The highest BCUT2D eigenvalue weighted by Gasteiger charge is 2.22. The van der Waals surface area contributed by atoms with E-state index in [1.807, 2.05) is 20.8 Å². The van der Waals surface area contributed by atoms with Crippen molar-refractivity contribution in [1.82, 2.24) is 10.2 Å². The smallest absolute Gasteiger partial charge is 0.318 e. The van der Waals surface area contributed by atoms with Crippen LogP contribution in [0, 0.1) is 11.7 Å². The molecule has 0 aliphatic rings. The molecule has 1 rings (SSSR count). The van der Waals surface area contributed by atoms with E-state index >= 15 is 0 Å². The molecule has 3 nitrogen and oxygen atoms in total. The summed E-state index contributed by atoms with van der Waals surface area (Å²) in [5, 5.41) is 3.06. The van der Waals surface area contributed by atoms with E-state index in [0.717, 1.165) is 12.0 Å². The summed E-state index contributed by atoms with van der Waals surface area (Å²) in [6.45, 7) is 10.8. The van der Waals surface area contributed by atoms with Crippen molar-refractivity contribution >= 4 is 6.03 Å². The molecule has 118 valence electrons. The fourth-order valence-electron chi connectivity index (χ4n) is 2.29. The minimum Gasteiger partial charge on any atom is -0.335 e. The lowest BCUT2D eigenvalue weighted by Gasteiger charge is -2.31. The number of carbonyl (C=O) groups is 1. The van der Waals surface area contributed by atoms with Crippen LogP contribution in [0.1, 0.15) is 52.6 Å². The van der Waals surface area contributed by atoms with Crippen LogP contribution in [0.3, 0.4) is 0 Å². The van der Waals surface area contributed by atoms with Crippen LogP contribution < -0.4 is 5.32 Å². The van der Waals surface area contributed by atoms with Crippen molar-refractivity contribution in [2.45, 2.75) is 53.1 Å². The summed E-state index contributed by atoms with van der Waals surface area (Å²) in [5.41, 5.74) is 0.935. The summed E-state index contributed by atoms with van der Waals surface area (Å²) in [6, 6.07) is 6.31. The lowest BCUT2D eigenvalue weighted by atomic mass is 10.0. The summed E-state index contributed by atoms with van der Waals surface area (Å²) in [4.78, 5) is 14.2. The zero-order chi connectivity index (χ0) is 16.0. The van der Waals surface area contributed by atoms with Crippen LogP contribution in [-0.4, -0.2) is 23.5 Å². The number of amides is 2. The molecule has 3 unspecified atom stereocenters. The van der Waals surface area contributed by atoms with Gasteiger partial charge in [0, 0.05) is 12.6 Å². The summed E-state index contributed by atoms with van der Waals surface area (Å²) >= 11 is 0. The third kappa shape index (κ3) is 4.73. The Morgan fingerprint density at radius 1 is 1.19 bits per heavy atom. The average molecular weight is 294 g/mol. The number of carbonyl (C=O) groups excluding carboxylic acids is 1. The second kappa shape index (κ2) is 8.01. The van der Waals surface area contributed by atoms with Gasteiger partial charge in [0.15, 0.2) is 0 Å². The van der Waals surface area contributed by atoms with E-state index in [9.17, 15) is 9.18 Å². The molecule has 1 aromatic rings. The maximum Gasteiger partial charge on any atom is 0.318 e.